The summed E-state index contributed by atoms with van der Waals surface area (Å²) >= 11 is 0. The lowest BCUT2D eigenvalue weighted by atomic mass is 10.1. The first-order chi connectivity index (χ1) is 10.9. The van der Waals surface area contributed by atoms with Crippen molar-refractivity contribution in [2.45, 2.75) is 12.6 Å². The standard InChI is InChI=1S/C14H11F3N4O2/c15-14(16,17)10-3-1-2-9(6-10)7-12(22)20-21-13(23)11-8-18-4-5-19-11/h1-6,8H,7H2,(H,20,22)(H,21,23). The van der Waals surface area contributed by atoms with Crippen LogP contribution in [-0.2, 0) is 17.4 Å². The van der Waals surface area contributed by atoms with Gasteiger partial charge in [-0.25, -0.2) is 4.98 Å². The summed E-state index contributed by atoms with van der Waals surface area (Å²) in [6, 6.07) is 4.39. The lowest BCUT2D eigenvalue weighted by Gasteiger charge is -2.09. The zero-order valence-electron chi connectivity index (χ0n) is 11.6. The molecular weight excluding hydrogens is 313 g/mol. The van der Waals surface area contributed by atoms with Crippen molar-refractivity contribution < 1.29 is 22.8 Å². The van der Waals surface area contributed by atoms with Gasteiger partial charge in [0.1, 0.15) is 5.69 Å². The quantitative estimate of drug-likeness (QED) is 0.838. The third-order valence-corrected chi connectivity index (χ3v) is 2.73. The molecule has 2 rings (SSSR count). The van der Waals surface area contributed by atoms with E-state index in [1.807, 2.05) is 0 Å². The van der Waals surface area contributed by atoms with Crippen molar-refractivity contribution in [1.29, 1.82) is 0 Å². The summed E-state index contributed by atoms with van der Waals surface area (Å²) in [5.41, 5.74) is 3.52. The number of nitrogens with one attached hydrogen (secondary N) is 2. The molecule has 1 heterocycles. The van der Waals surface area contributed by atoms with Crippen LogP contribution >= 0.6 is 0 Å². The molecule has 0 aliphatic heterocycles. The van der Waals surface area contributed by atoms with Gasteiger partial charge in [-0.3, -0.25) is 25.4 Å². The topological polar surface area (TPSA) is 84.0 Å². The van der Waals surface area contributed by atoms with Crippen molar-refractivity contribution in [2.75, 3.05) is 0 Å². The van der Waals surface area contributed by atoms with E-state index in [4.69, 9.17) is 0 Å². The van der Waals surface area contributed by atoms with Gasteiger partial charge in [0.15, 0.2) is 0 Å². The molecule has 120 valence electrons. The second-order valence-corrected chi connectivity index (χ2v) is 4.47. The SMILES string of the molecule is O=C(Cc1cccc(C(F)(F)F)c1)NNC(=O)c1cnccn1. The molecule has 2 amide bonds. The van der Waals surface area contributed by atoms with Gasteiger partial charge in [-0.1, -0.05) is 18.2 Å². The molecule has 9 heteroatoms. The van der Waals surface area contributed by atoms with Crippen LogP contribution in [0.15, 0.2) is 42.9 Å². The molecular formula is C14H11F3N4O2. The van der Waals surface area contributed by atoms with E-state index < -0.39 is 23.6 Å². The van der Waals surface area contributed by atoms with E-state index >= 15 is 0 Å². The Morgan fingerprint density at radius 2 is 1.91 bits per heavy atom. The van der Waals surface area contributed by atoms with Crippen molar-refractivity contribution in [1.82, 2.24) is 20.8 Å². The third-order valence-electron chi connectivity index (χ3n) is 2.73. The van der Waals surface area contributed by atoms with Crippen LogP contribution in [0.4, 0.5) is 13.2 Å². The molecule has 0 spiro atoms. The van der Waals surface area contributed by atoms with Crippen LogP contribution in [0.1, 0.15) is 21.6 Å². The Morgan fingerprint density at radius 1 is 1.13 bits per heavy atom. The highest BCUT2D eigenvalue weighted by Crippen LogP contribution is 2.29. The van der Waals surface area contributed by atoms with Gasteiger partial charge >= 0.3 is 6.18 Å². The highest BCUT2D eigenvalue weighted by Gasteiger charge is 2.30. The molecule has 2 N–H and O–H groups in total. The first-order valence-corrected chi connectivity index (χ1v) is 6.37. The second-order valence-electron chi connectivity index (χ2n) is 4.47. The number of hydrazine groups is 1. The minimum absolute atomic E-state index is 0.00753. The molecule has 0 aliphatic carbocycles. The lowest BCUT2D eigenvalue weighted by molar-refractivity contribution is -0.137. The number of halogens is 3. The highest BCUT2D eigenvalue weighted by atomic mass is 19.4. The molecule has 0 bridgehead atoms. The van der Waals surface area contributed by atoms with E-state index in [0.717, 1.165) is 12.1 Å². The summed E-state index contributed by atoms with van der Waals surface area (Å²) in [6.07, 6.45) is -0.909. The van der Waals surface area contributed by atoms with Crippen LogP contribution in [-0.4, -0.2) is 21.8 Å². The van der Waals surface area contributed by atoms with Gasteiger partial charge in [-0.2, -0.15) is 13.2 Å². The number of hydrogen-bond acceptors (Lipinski definition) is 4. The normalized spacial score (nSPS) is 10.9. The maximum absolute atomic E-state index is 12.6. The molecule has 0 aliphatic rings. The summed E-state index contributed by atoms with van der Waals surface area (Å²) in [5, 5.41) is 0. The highest BCUT2D eigenvalue weighted by molar-refractivity contribution is 5.93. The maximum atomic E-state index is 12.6. The Balaban J connectivity index is 1.92. The first-order valence-electron chi connectivity index (χ1n) is 6.37. The van der Waals surface area contributed by atoms with E-state index in [0.29, 0.717) is 0 Å². The Bertz CT molecular complexity index is 705. The molecule has 0 unspecified atom stereocenters. The van der Waals surface area contributed by atoms with Gasteiger partial charge in [-0.05, 0) is 11.6 Å². The lowest BCUT2D eigenvalue weighted by Crippen LogP contribution is -2.42. The summed E-state index contributed by atoms with van der Waals surface area (Å²) in [6.45, 7) is 0. The Morgan fingerprint density at radius 3 is 2.57 bits per heavy atom. The van der Waals surface area contributed by atoms with Crippen molar-refractivity contribution in [3.8, 4) is 0 Å². The average molecular weight is 324 g/mol. The van der Waals surface area contributed by atoms with Gasteiger partial charge in [0.25, 0.3) is 5.91 Å². The second kappa shape index (κ2) is 6.86. The Kier molecular flexibility index (Phi) is 4.89. The molecule has 23 heavy (non-hydrogen) atoms. The fraction of sp³-hybridized carbons (Fsp3) is 0.143. The number of benzene rings is 1. The van der Waals surface area contributed by atoms with Crippen molar-refractivity contribution in [2.24, 2.45) is 0 Å². The molecule has 0 saturated heterocycles. The molecule has 2 aromatic rings. The fourth-order valence-electron chi connectivity index (χ4n) is 1.69. The zero-order valence-corrected chi connectivity index (χ0v) is 11.6. The van der Waals surface area contributed by atoms with Gasteiger partial charge in [0, 0.05) is 12.4 Å². The number of alkyl halides is 3. The number of carbonyl (C=O) groups is 2. The third kappa shape index (κ3) is 4.77. The molecule has 0 radical (unpaired) electrons. The molecule has 1 aromatic carbocycles. The Hall–Kier alpha value is -2.97. The molecule has 0 saturated carbocycles. The van der Waals surface area contributed by atoms with Crippen LogP contribution in [0.2, 0.25) is 0 Å². The number of aromatic nitrogens is 2. The average Bonchev–Trinajstić information content (AvgIpc) is 2.53. The van der Waals surface area contributed by atoms with E-state index in [1.54, 1.807) is 0 Å². The minimum Gasteiger partial charge on any atom is -0.273 e. The number of amides is 2. The zero-order chi connectivity index (χ0) is 16.9. The van der Waals surface area contributed by atoms with Crippen LogP contribution in [0.25, 0.3) is 0 Å². The molecule has 0 atom stereocenters. The van der Waals surface area contributed by atoms with E-state index in [2.05, 4.69) is 20.8 Å². The number of rotatable bonds is 3. The summed E-state index contributed by atoms with van der Waals surface area (Å²) in [7, 11) is 0. The number of nitrogens with zero attached hydrogens (tertiary/aromatic N) is 2. The predicted molar refractivity (Wildman–Crippen MR) is 72.8 cm³/mol. The van der Waals surface area contributed by atoms with Crippen molar-refractivity contribution in [3.63, 3.8) is 0 Å². The molecule has 6 nitrogen and oxygen atoms in total. The Labute approximate surface area is 128 Å². The summed E-state index contributed by atoms with van der Waals surface area (Å²) < 4.78 is 37.7. The number of hydrogen-bond donors (Lipinski definition) is 2. The van der Waals surface area contributed by atoms with E-state index in [1.165, 1.54) is 30.7 Å². The predicted octanol–water partition coefficient (Wildman–Crippen LogP) is 1.50. The number of carbonyl (C=O) groups excluding carboxylic acids is 2. The summed E-state index contributed by atoms with van der Waals surface area (Å²) in [4.78, 5) is 30.7. The van der Waals surface area contributed by atoms with Crippen LogP contribution < -0.4 is 10.9 Å². The monoisotopic (exact) mass is 324 g/mol. The van der Waals surface area contributed by atoms with Crippen LogP contribution in [0.3, 0.4) is 0 Å². The van der Waals surface area contributed by atoms with Crippen LogP contribution in [0, 0.1) is 0 Å². The van der Waals surface area contributed by atoms with Crippen molar-refractivity contribution in [3.05, 3.63) is 59.7 Å². The molecule has 1 aromatic heterocycles. The first kappa shape index (κ1) is 16.4. The van der Waals surface area contributed by atoms with Gasteiger partial charge < -0.3 is 0 Å². The minimum atomic E-state index is -4.48. The van der Waals surface area contributed by atoms with E-state index in [-0.39, 0.29) is 17.7 Å². The van der Waals surface area contributed by atoms with Gasteiger partial charge in [0.2, 0.25) is 5.91 Å². The van der Waals surface area contributed by atoms with E-state index in [9.17, 15) is 22.8 Å². The largest absolute Gasteiger partial charge is 0.416 e. The van der Waals surface area contributed by atoms with Gasteiger partial charge in [0.05, 0.1) is 18.2 Å². The smallest absolute Gasteiger partial charge is 0.273 e. The maximum Gasteiger partial charge on any atom is 0.416 e. The summed E-state index contributed by atoms with van der Waals surface area (Å²) in [5.74, 6) is -1.35. The fourth-order valence-corrected chi connectivity index (χ4v) is 1.69. The van der Waals surface area contributed by atoms with Gasteiger partial charge in [-0.15, -0.1) is 0 Å². The van der Waals surface area contributed by atoms with Crippen LogP contribution in [0.5, 0.6) is 0 Å². The van der Waals surface area contributed by atoms with Crippen molar-refractivity contribution >= 4 is 11.8 Å². The molecule has 0 fully saturated rings.